The van der Waals surface area contributed by atoms with Gasteiger partial charge in [-0.15, -0.1) is 11.3 Å². The summed E-state index contributed by atoms with van der Waals surface area (Å²) in [5, 5.41) is 5.50. The Labute approximate surface area is 134 Å². The molecule has 0 amide bonds. The van der Waals surface area contributed by atoms with E-state index in [4.69, 9.17) is 4.98 Å². The topological polar surface area (TPSA) is 57.8 Å². The molecular formula is C17H21N3OS. The molecule has 1 fully saturated rings. The third-order valence-corrected chi connectivity index (χ3v) is 6.06. The summed E-state index contributed by atoms with van der Waals surface area (Å²) >= 11 is 1.81. The fourth-order valence-electron chi connectivity index (χ4n) is 3.21. The fraction of sp³-hybridized carbons (Fsp3) is 0.529. The monoisotopic (exact) mass is 315 g/mol. The Bertz CT molecular complexity index is 770. The maximum absolute atomic E-state index is 12.4. The number of fused-ring (bicyclic) bond motifs is 1. The summed E-state index contributed by atoms with van der Waals surface area (Å²) in [6.07, 6.45) is 3.03. The van der Waals surface area contributed by atoms with Gasteiger partial charge in [0.2, 0.25) is 0 Å². The van der Waals surface area contributed by atoms with Crippen molar-refractivity contribution < 1.29 is 0 Å². The van der Waals surface area contributed by atoms with Crippen molar-refractivity contribution in [3.8, 4) is 0 Å². The predicted octanol–water partition coefficient (Wildman–Crippen LogP) is 2.68. The number of H-pyrrole nitrogens is 1. The summed E-state index contributed by atoms with van der Waals surface area (Å²) in [6, 6.07) is 2.31. The van der Waals surface area contributed by atoms with Gasteiger partial charge in [0.25, 0.3) is 5.56 Å². The molecule has 4 rings (SSSR count). The molecule has 22 heavy (non-hydrogen) atoms. The third-order valence-electron chi connectivity index (χ3n) is 4.90. The van der Waals surface area contributed by atoms with Gasteiger partial charge in [-0.1, -0.05) is 13.8 Å². The molecule has 2 aromatic rings. The Morgan fingerprint density at radius 2 is 2.18 bits per heavy atom. The Kier molecular flexibility index (Phi) is 3.24. The van der Waals surface area contributed by atoms with Gasteiger partial charge in [0.1, 0.15) is 5.82 Å². The van der Waals surface area contributed by atoms with Crippen LogP contribution in [0.4, 0.5) is 0 Å². The van der Waals surface area contributed by atoms with Crippen molar-refractivity contribution in [2.24, 2.45) is 0 Å². The smallest absolute Gasteiger partial charge is 0.255 e. The van der Waals surface area contributed by atoms with Gasteiger partial charge in [-0.2, -0.15) is 0 Å². The molecule has 5 heteroatoms. The van der Waals surface area contributed by atoms with Crippen molar-refractivity contribution in [1.29, 1.82) is 0 Å². The van der Waals surface area contributed by atoms with Crippen LogP contribution in [-0.2, 0) is 18.4 Å². The van der Waals surface area contributed by atoms with E-state index in [2.05, 4.69) is 35.6 Å². The molecule has 0 radical (unpaired) electrons. The standard InChI is InChI=1S/C17H21N3OS/c1-10(2)11-7-14(22-9-11)17(4-5-17)16-19-13-3-6-18-8-12(13)15(21)20-16/h7,9-10,18H,3-6,8H2,1-2H3,(H,19,20,21). The average molecular weight is 315 g/mol. The molecule has 1 aliphatic carbocycles. The molecule has 4 nitrogen and oxygen atoms in total. The summed E-state index contributed by atoms with van der Waals surface area (Å²) in [5.41, 5.74) is 3.20. The fourth-order valence-corrected chi connectivity index (χ4v) is 4.54. The second-order valence-electron chi connectivity index (χ2n) is 6.75. The number of nitrogens with one attached hydrogen (secondary N) is 2. The lowest BCUT2D eigenvalue weighted by atomic mass is 9.99. The number of hydrogen-bond donors (Lipinski definition) is 2. The number of rotatable bonds is 3. The highest BCUT2D eigenvalue weighted by molar-refractivity contribution is 7.10. The van der Waals surface area contributed by atoms with E-state index in [-0.39, 0.29) is 11.0 Å². The third kappa shape index (κ3) is 2.15. The molecule has 0 saturated heterocycles. The lowest BCUT2D eigenvalue weighted by molar-refractivity contribution is 0.605. The first-order valence-corrected chi connectivity index (χ1v) is 8.90. The average Bonchev–Trinajstić information content (AvgIpc) is 3.17. The van der Waals surface area contributed by atoms with Crippen LogP contribution in [0.25, 0.3) is 0 Å². The number of aromatic nitrogens is 2. The molecule has 2 N–H and O–H groups in total. The Morgan fingerprint density at radius 1 is 1.36 bits per heavy atom. The van der Waals surface area contributed by atoms with Gasteiger partial charge in [0.05, 0.1) is 16.7 Å². The molecule has 0 spiro atoms. The van der Waals surface area contributed by atoms with Crippen molar-refractivity contribution in [3.63, 3.8) is 0 Å². The van der Waals surface area contributed by atoms with E-state index in [9.17, 15) is 4.79 Å². The van der Waals surface area contributed by atoms with Crippen LogP contribution in [0, 0.1) is 0 Å². The zero-order valence-electron chi connectivity index (χ0n) is 13.0. The van der Waals surface area contributed by atoms with E-state index in [0.717, 1.165) is 42.9 Å². The van der Waals surface area contributed by atoms with Gasteiger partial charge in [-0.05, 0) is 35.8 Å². The normalized spacial score (nSPS) is 19.2. The maximum Gasteiger partial charge on any atom is 0.255 e. The highest BCUT2D eigenvalue weighted by Crippen LogP contribution is 2.54. The Hall–Kier alpha value is -1.46. The summed E-state index contributed by atoms with van der Waals surface area (Å²) < 4.78 is 0. The van der Waals surface area contributed by atoms with Gasteiger partial charge in [0, 0.05) is 24.4 Å². The largest absolute Gasteiger partial charge is 0.312 e. The molecule has 0 aromatic carbocycles. The first-order valence-electron chi connectivity index (χ1n) is 8.02. The minimum atomic E-state index is -0.0309. The van der Waals surface area contributed by atoms with Gasteiger partial charge in [-0.3, -0.25) is 4.79 Å². The lowest BCUT2D eigenvalue weighted by Gasteiger charge is -2.19. The van der Waals surface area contributed by atoms with Crippen LogP contribution in [-0.4, -0.2) is 16.5 Å². The number of hydrogen-bond acceptors (Lipinski definition) is 4. The van der Waals surface area contributed by atoms with Crippen LogP contribution in [0.1, 0.15) is 60.1 Å². The van der Waals surface area contributed by atoms with Gasteiger partial charge in [0.15, 0.2) is 0 Å². The van der Waals surface area contributed by atoms with Crippen LogP contribution < -0.4 is 10.9 Å². The zero-order valence-corrected chi connectivity index (χ0v) is 13.8. The lowest BCUT2D eigenvalue weighted by Crippen LogP contribution is -2.33. The maximum atomic E-state index is 12.4. The Balaban J connectivity index is 1.77. The highest BCUT2D eigenvalue weighted by atomic mass is 32.1. The van der Waals surface area contributed by atoms with Crippen molar-refractivity contribution in [2.45, 2.75) is 51.0 Å². The molecule has 116 valence electrons. The molecule has 0 atom stereocenters. The quantitative estimate of drug-likeness (QED) is 0.915. The van der Waals surface area contributed by atoms with Crippen LogP contribution in [0.2, 0.25) is 0 Å². The van der Waals surface area contributed by atoms with Crippen molar-refractivity contribution in [2.75, 3.05) is 6.54 Å². The summed E-state index contributed by atoms with van der Waals surface area (Å²) in [7, 11) is 0. The number of thiophene rings is 1. The minimum Gasteiger partial charge on any atom is -0.312 e. The molecule has 1 saturated carbocycles. The predicted molar refractivity (Wildman–Crippen MR) is 88.7 cm³/mol. The summed E-state index contributed by atoms with van der Waals surface area (Å²) in [4.78, 5) is 21.7. The van der Waals surface area contributed by atoms with E-state index < -0.39 is 0 Å². The van der Waals surface area contributed by atoms with Crippen molar-refractivity contribution >= 4 is 11.3 Å². The van der Waals surface area contributed by atoms with Gasteiger partial charge in [-0.25, -0.2) is 4.98 Å². The van der Waals surface area contributed by atoms with E-state index in [1.165, 1.54) is 10.4 Å². The van der Waals surface area contributed by atoms with Crippen LogP contribution >= 0.6 is 11.3 Å². The molecular weight excluding hydrogens is 294 g/mol. The minimum absolute atomic E-state index is 0.0309. The SMILES string of the molecule is CC(C)c1csc(C2(c3nc4c(c(=O)[nH]3)CNCC4)CC2)c1. The van der Waals surface area contributed by atoms with Crippen LogP contribution in [0.3, 0.4) is 0 Å². The number of nitrogens with zero attached hydrogens (tertiary/aromatic N) is 1. The van der Waals surface area contributed by atoms with Crippen molar-refractivity contribution in [1.82, 2.24) is 15.3 Å². The van der Waals surface area contributed by atoms with Crippen LogP contribution in [0.5, 0.6) is 0 Å². The first kappa shape index (κ1) is 14.2. The number of aromatic amines is 1. The molecule has 2 aliphatic rings. The second kappa shape index (κ2) is 5.03. The van der Waals surface area contributed by atoms with Gasteiger partial charge < -0.3 is 10.3 Å². The zero-order chi connectivity index (χ0) is 15.3. The summed E-state index contributed by atoms with van der Waals surface area (Å²) in [6.45, 7) is 5.99. The van der Waals surface area contributed by atoms with E-state index >= 15 is 0 Å². The molecule has 2 aromatic heterocycles. The van der Waals surface area contributed by atoms with E-state index in [1.807, 2.05) is 11.3 Å². The summed E-state index contributed by atoms with van der Waals surface area (Å²) in [5.74, 6) is 1.43. The Morgan fingerprint density at radius 3 is 2.86 bits per heavy atom. The van der Waals surface area contributed by atoms with Crippen molar-refractivity contribution in [3.05, 3.63) is 49.3 Å². The second-order valence-corrected chi connectivity index (χ2v) is 7.66. The van der Waals surface area contributed by atoms with Gasteiger partial charge >= 0.3 is 0 Å². The highest BCUT2D eigenvalue weighted by Gasteiger charge is 2.49. The molecule has 0 unspecified atom stereocenters. The molecule has 0 bridgehead atoms. The molecule has 1 aliphatic heterocycles. The van der Waals surface area contributed by atoms with E-state index in [0.29, 0.717) is 12.5 Å². The van der Waals surface area contributed by atoms with Crippen LogP contribution in [0.15, 0.2) is 16.2 Å². The first-order chi connectivity index (χ1) is 10.6. The molecule has 3 heterocycles. The van der Waals surface area contributed by atoms with E-state index in [1.54, 1.807) is 0 Å².